The molecular weight excluding hydrogens is 326 g/mol. The van der Waals surface area contributed by atoms with Crippen LogP contribution in [-0.2, 0) is 14.3 Å². The number of rotatable bonds is 12. The van der Waals surface area contributed by atoms with E-state index in [0.29, 0.717) is 13.0 Å². The SMILES string of the molecule is CCCCCCCCCOC(=O)C1CCCN1C(=O)CCC1CCCC1. The van der Waals surface area contributed by atoms with Crippen molar-refractivity contribution in [3.8, 4) is 0 Å². The number of hydrogen-bond acceptors (Lipinski definition) is 3. The van der Waals surface area contributed by atoms with Gasteiger partial charge in [-0.15, -0.1) is 0 Å². The molecule has 0 spiro atoms. The van der Waals surface area contributed by atoms with Crippen LogP contribution in [0.1, 0.15) is 103 Å². The molecule has 0 N–H and O–H groups in total. The van der Waals surface area contributed by atoms with Crippen molar-refractivity contribution >= 4 is 11.9 Å². The van der Waals surface area contributed by atoms with Gasteiger partial charge in [-0.1, -0.05) is 71.1 Å². The van der Waals surface area contributed by atoms with Crippen molar-refractivity contribution in [2.45, 2.75) is 109 Å². The Morgan fingerprint density at radius 3 is 2.35 bits per heavy atom. The van der Waals surface area contributed by atoms with Gasteiger partial charge in [0, 0.05) is 13.0 Å². The maximum Gasteiger partial charge on any atom is 0.328 e. The predicted octanol–water partition coefficient (Wildman–Crippen LogP) is 5.24. The van der Waals surface area contributed by atoms with Gasteiger partial charge in [-0.05, 0) is 31.6 Å². The van der Waals surface area contributed by atoms with Gasteiger partial charge >= 0.3 is 5.97 Å². The average Bonchev–Trinajstić information content (AvgIpc) is 3.33. The van der Waals surface area contributed by atoms with Crippen molar-refractivity contribution in [1.29, 1.82) is 0 Å². The van der Waals surface area contributed by atoms with Crippen LogP contribution in [0, 0.1) is 5.92 Å². The second-order valence-corrected chi connectivity index (χ2v) is 8.22. The lowest BCUT2D eigenvalue weighted by molar-refractivity contribution is -0.153. The molecule has 2 fully saturated rings. The number of unbranched alkanes of at least 4 members (excludes halogenated alkanes) is 6. The Kier molecular flexibility index (Phi) is 10.1. The molecule has 1 amide bonds. The lowest BCUT2D eigenvalue weighted by Gasteiger charge is -2.24. The molecule has 1 heterocycles. The fraction of sp³-hybridized carbons (Fsp3) is 0.909. The number of amides is 1. The molecule has 1 aliphatic heterocycles. The number of esters is 1. The minimum absolute atomic E-state index is 0.160. The van der Waals surface area contributed by atoms with Crippen LogP contribution >= 0.6 is 0 Å². The van der Waals surface area contributed by atoms with Crippen LogP contribution in [0.25, 0.3) is 0 Å². The molecule has 0 bridgehead atoms. The zero-order chi connectivity index (χ0) is 18.6. The standard InChI is InChI=1S/C22H39NO3/c1-2-3-4-5-6-7-10-18-26-22(25)20-14-11-17-23(20)21(24)16-15-19-12-8-9-13-19/h19-20H,2-18H2,1H3. The fourth-order valence-electron chi connectivity index (χ4n) is 4.41. The van der Waals surface area contributed by atoms with Crippen molar-refractivity contribution in [3.63, 3.8) is 0 Å². The van der Waals surface area contributed by atoms with E-state index in [4.69, 9.17) is 4.74 Å². The van der Waals surface area contributed by atoms with E-state index in [1.54, 1.807) is 4.90 Å². The summed E-state index contributed by atoms with van der Waals surface area (Å²) in [7, 11) is 0. The molecule has 4 nitrogen and oxygen atoms in total. The Hall–Kier alpha value is -1.06. The molecule has 1 aliphatic carbocycles. The molecule has 4 heteroatoms. The molecule has 150 valence electrons. The zero-order valence-electron chi connectivity index (χ0n) is 16.8. The number of ether oxygens (including phenoxy) is 1. The molecule has 0 aromatic carbocycles. The fourth-order valence-corrected chi connectivity index (χ4v) is 4.41. The van der Waals surface area contributed by atoms with Crippen LogP contribution in [0.15, 0.2) is 0 Å². The Morgan fingerprint density at radius 2 is 1.62 bits per heavy atom. The molecule has 1 atom stereocenters. The molecule has 2 rings (SSSR count). The van der Waals surface area contributed by atoms with Crippen molar-refractivity contribution in [2.75, 3.05) is 13.2 Å². The minimum Gasteiger partial charge on any atom is -0.464 e. The molecule has 0 radical (unpaired) electrons. The summed E-state index contributed by atoms with van der Waals surface area (Å²) in [6.07, 6.45) is 17.0. The summed E-state index contributed by atoms with van der Waals surface area (Å²) < 4.78 is 5.48. The van der Waals surface area contributed by atoms with Crippen LogP contribution in [0.3, 0.4) is 0 Å². The first-order chi connectivity index (χ1) is 12.7. The Balaban J connectivity index is 1.59. The van der Waals surface area contributed by atoms with E-state index in [2.05, 4.69) is 6.92 Å². The highest BCUT2D eigenvalue weighted by atomic mass is 16.5. The second-order valence-electron chi connectivity index (χ2n) is 8.22. The van der Waals surface area contributed by atoms with Gasteiger partial charge in [0.25, 0.3) is 0 Å². The third kappa shape index (κ3) is 7.28. The molecule has 1 saturated heterocycles. The Bertz CT molecular complexity index is 418. The van der Waals surface area contributed by atoms with E-state index >= 15 is 0 Å². The molecular formula is C22H39NO3. The summed E-state index contributed by atoms with van der Waals surface area (Å²) in [6, 6.07) is -0.323. The minimum atomic E-state index is -0.323. The Morgan fingerprint density at radius 1 is 0.923 bits per heavy atom. The number of nitrogens with zero attached hydrogens (tertiary/aromatic N) is 1. The lowest BCUT2D eigenvalue weighted by Crippen LogP contribution is -2.41. The van der Waals surface area contributed by atoms with Gasteiger partial charge in [0.15, 0.2) is 0 Å². The van der Waals surface area contributed by atoms with Crippen molar-refractivity contribution < 1.29 is 14.3 Å². The van der Waals surface area contributed by atoms with Gasteiger partial charge < -0.3 is 9.64 Å². The van der Waals surface area contributed by atoms with Gasteiger partial charge in [0.2, 0.25) is 5.91 Å². The first-order valence-electron chi connectivity index (χ1n) is 11.2. The number of carbonyl (C=O) groups excluding carboxylic acids is 2. The van der Waals surface area contributed by atoms with Gasteiger partial charge in [0.05, 0.1) is 6.61 Å². The van der Waals surface area contributed by atoms with Crippen molar-refractivity contribution in [1.82, 2.24) is 4.90 Å². The van der Waals surface area contributed by atoms with E-state index < -0.39 is 0 Å². The lowest BCUT2D eigenvalue weighted by atomic mass is 10.0. The van der Waals surface area contributed by atoms with Crippen molar-refractivity contribution in [2.24, 2.45) is 5.92 Å². The Labute approximate surface area is 160 Å². The van der Waals surface area contributed by atoms with Gasteiger partial charge in [-0.3, -0.25) is 4.79 Å². The van der Waals surface area contributed by atoms with Crippen LogP contribution in [0.4, 0.5) is 0 Å². The van der Waals surface area contributed by atoms with Gasteiger partial charge in [-0.25, -0.2) is 4.79 Å². The maximum atomic E-state index is 12.5. The van der Waals surface area contributed by atoms with E-state index in [1.807, 2.05) is 0 Å². The zero-order valence-corrected chi connectivity index (χ0v) is 16.8. The monoisotopic (exact) mass is 365 g/mol. The third-order valence-corrected chi connectivity index (χ3v) is 6.08. The molecule has 0 aromatic heterocycles. The first-order valence-corrected chi connectivity index (χ1v) is 11.2. The quantitative estimate of drug-likeness (QED) is 0.351. The van der Waals surface area contributed by atoms with E-state index in [9.17, 15) is 9.59 Å². The molecule has 1 unspecified atom stereocenters. The van der Waals surface area contributed by atoms with Gasteiger partial charge in [0.1, 0.15) is 6.04 Å². The predicted molar refractivity (Wildman–Crippen MR) is 105 cm³/mol. The van der Waals surface area contributed by atoms with Crippen LogP contribution < -0.4 is 0 Å². The smallest absolute Gasteiger partial charge is 0.328 e. The maximum absolute atomic E-state index is 12.5. The van der Waals surface area contributed by atoms with Crippen molar-refractivity contribution in [3.05, 3.63) is 0 Å². The van der Waals surface area contributed by atoms with Crippen LogP contribution in [0.2, 0.25) is 0 Å². The highest BCUT2D eigenvalue weighted by Gasteiger charge is 2.35. The molecule has 0 aromatic rings. The highest BCUT2D eigenvalue weighted by Crippen LogP contribution is 2.29. The van der Waals surface area contributed by atoms with E-state index in [-0.39, 0.29) is 17.9 Å². The highest BCUT2D eigenvalue weighted by molar-refractivity contribution is 5.85. The largest absolute Gasteiger partial charge is 0.464 e. The normalized spacial score (nSPS) is 20.7. The topological polar surface area (TPSA) is 46.6 Å². The first kappa shape index (κ1) is 21.2. The summed E-state index contributed by atoms with van der Waals surface area (Å²) in [5.74, 6) is 0.708. The summed E-state index contributed by atoms with van der Waals surface area (Å²) in [4.78, 5) is 26.7. The number of likely N-dealkylation sites (tertiary alicyclic amines) is 1. The third-order valence-electron chi connectivity index (χ3n) is 6.08. The molecule has 26 heavy (non-hydrogen) atoms. The second kappa shape index (κ2) is 12.3. The van der Waals surface area contributed by atoms with Gasteiger partial charge in [-0.2, -0.15) is 0 Å². The summed E-state index contributed by atoms with van der Waals surface area (Å²) in [5, 5.41) is 0. The summed E-state index contributed by atoms with van der Waals surface area (Å²) in [5.41, 5.74) is 0. The average molecular weight is 366 g/mol. The van der Waals surface area contributed by atoms with E-state index in [0.717, 1.165) is 44.6 Å². The van der Waals surface area contributed by atoms with E-state index in [1.165, 1.54) is 57.8 Å². The number of carbonyl (C=O) groups is 2. The molecule has 1 saturated carbocycles. The summed E-state index contributed by atoms with van der Waals surface area (Å²) in [6.45, 7) is 3.46. The number of hydrogen-bond donors (Lipinski definition) is 0. The summed E-state index contributed by atoms with van der Waals surface area (Å²) >= 11 is 0. The molecule has 2 aliphatic rings. The van der Waals surface area contributed by atoms with Crippen LogP contribution in [-0.4, -0.2) is 36.0 Å². The van der Waals surface area contributed by atoms with Crippen LogP contribution in [0.5, 0.6) is 0 Å².